The fourth-order valence-corrected chi connectivity index (χ4v) is 0.491. The van der Waals surface area contributed by atoms with E-state index in [1.54, 1.807) is 27.0 Å². The maximum atomic E-state index is 10.9. The Bertz CT molecular complexity index is 170. The van der Waals surface area contributed by atoms with Crippen LogP contribution in [0, 0.1) is 0 Å². The van der Waals surface area contributed by atoms with Crippen LogP contribution in [0.15, 0.2) is 5.10 Å². The van der Waals surface area contributed by atoms with E-state index in [0.29, 0.717) is 0 Å². The van der Waals surface area contributed by atoms with Gasteiger partial charge >= 0.3 is 6.09 Å². The SMILES string of the molecule is CCC=NNC(=O)OC(C)(C)C. The molecule has 0 atom stereocenters. The van der Waals surface area contributed by atoms with Crippen LogP contribution < -0.4 is 5.43 Å². The number of nitrogens with one attached hydrogen (secondary N) is 1. The van der Waals surface area contributed by atoms with Gasteiger partial charge < -0.3 is 4.74 Å². The number of hydrogen-bond donors (Lipinski definition) is 1. The molecule has 0 rings (SSSR count). The molecule has 0 saturated carbocycles. The fourth-order valence-electron chi connectivity index (χ4n) is 0.491. The first kappa shape index (κ1) is 10.9. The molecule has 0 heterocycles. The molecule has 0 spiro atoms. The predicted octanol–water partition coefficient (Wildman–Crippen LogP) is 1.91. The number of nitrogens with zero attached hydrogens (tertiary/aromatic N) is 1. The highest BCUT2D eigenvalue weighted by molar-refractivity contribution is 5.69. The molecule has 12 heavy (non-hydrogen) atoms. The molecule has 1 N–H and O–H groups in total. The lowest BCUT2D eigenvalue weighted by Gasteiger charge is -2.18. The van der Waals surface area contributed by atoms with Crippen molar-refractivity contribution in [2.75, 3.05) is 0 Å². The summed E-state index contributed by atoms with van der Waals surface area (Å²) in [6.45, 7) is 7.34. The Hall–Kier alpha value is -1.06. The van der Waals surface area contributed by atoms with Gasteiger partial charge in [0.25, 0.3) is 0 Å². The van der Waals surface area contributed by atoms with E-state index in [-0.39, 0.29) is 0 Å². The molecule has 0 fully saturated rings. The number of hydrogen-bond acceptors (Lipinski definition) is 3. The van der Waals surface area contributed by atoms with Gasteiger partial charge in [0.05, 0.1) is 0 Å². The zero-order valence-electron chi connectivity index (χ0n) is 8.05. The third-order valence-corrected chi connectivity index (χ3v) is 0.829. The van der Waals surface area contributed by atoms with Gasteiger partial charge in [-0.05, 0) is 27.2 Å². The zero-order valence-corrected chi connectivity index (χ0v) is 8.05. The van der Waals surface area contributed by atoms with E-state index in [0.717, 1.165) is 6.42 Å². The maximum Gasteiger partial charge on any atom is 0.428 e. The van der Waals surface area contributed by atoms with Gasteiger partial charge in [0.1, 0.15) is 5.60 Å². The topological polar surface area (TPSA) is 50.7 Å². The smallest absolute Gasteiger partial charge is 0.428 e. The first-order valence-electron chi connectivity index (χ1n) is 3.96. The predicted molar refractivity (Wildman–Crippen MR) is 48.2 cm³/mol. The summed E-state index contributed by atoms with van der Waals surface area (Å²) >= 11 is 0. The molecule has 4 heteroatoms. The summed E-state index contributed by atoms with van der Waals surface area (Å²) < 4.78 is 4.92. The summed E-state index contributed by atoms with van der Waals surface area (Å²) in [5.74, 6) is 0. The van der Waals surface area contributed by atoms with E-state index in [2.05, 4.69) is 10.5 Å². The van der Waals surface area contributed by atoms with Crippen molar-refractivity contribution in [2.24, 2.45) is 5.10 Å². The van der Waals surface area contributed by atoms with Gasteiger partial charge in [-0.1, -0.05) is 6.92 Å². The van der Waals surface area contributed by atoms with Crippen molar-refractivity contribution in [1.82, 2.24) is 5.43 Å². The lowest BCUT2D eigenvalue weighted by Crippen LogP contribution is -2.29. The van der Waals surface area contributed by atoms with E-state index in [1.165, 1.54) is 0 Å². The van der Waals surface area contributed by atoms with Crippen LogP contribution in [0.2, 0.25) is 0 Å². The fraction of sp³-hybridized carbons (Fsp3) is 0.750. The Morgan fingerprint density at radius 3 is 2.58 bits per heavy atom. The van der Waals surface area contributed by atoms with Crippen LogP contribution in [0.25, 0.3) is 0 Å². The number of rotatable bonds is 2. The van der Waals surface area contributed by atoms with Gasteiger partial charge in [-0.15, -0.1) is 0 Å². The molecular weight excluding hydrogens is 156 g/mol. The lowest BCUT2D eigenvalue weighted by atomic mass is 10.2. The molecule has 0 saturated heterocycles. The highest BCUT2D eigenvalue weighted by atomic mass is 16.6. The van der Waals surface area contributed by atoms with Crippen molar-refractivity contribution < 1.29 is 9.53 Å². The van der Waals surface area contributed by atoms with Crippen LogP contribution in [-0.2, 0) is 4.74 Å². The molecule has 0 unspecified atom stereocenters. The Kier molecular flexibility index (Phi) is 4.33. The first-order valence-corrected chi connectivity index (χ1v) is 3.96. The number of carbonyl (C=O) groups is 1. The second-order valence-electron chi connectivity index (χ2n) is 3.33. The Balaban J connectivity index is 3.68. The van der Waals surface area contributed by atoms with Crippen molar-refractivity contribution in [1.29, 1.82) is 0 Å². The molecule has 4 nitrogen and oxygen atoms in total. The second kappa shape index (κ2) is 4.74. The monoisotopic (exact) mass is 172 g/mol. The Labute approximate surface area is 73.0 Å². The van der Waals surface area contributed by atoms with E-state index >= 15 is 0 Å². The van der Waals surface area contributed by atoms with Crippen LogP contribution in [0.3, 0.4) is 0 Å². The minimum Gasteiger partial charge on any atom is -0.443 e. The summed E-state index contributed by atoms with van der Waals surface area (Å²) in [4.78, 5) is 10.9. The molecule has 0 bridgehead atoms. The summed E-state index contributed by atoms with van der Waals surface area (Å²) in [5.41, 5.74) is 1.78. The van der Waals surface area contributed by atoms with Crippen LogP contribution in [-0.4, -0.2) is 17.9 Å². The Morgan fingerprint density at radius 1 is 1.58 bits per heavy atom. The molecule has 0 aromatic rings. The third kappa shape index (κ3) is 7.05. The summed E-state index contributed by atoms with van der Waals surface area (Å²) in [6.07, 6.45) is 1.87. The molecule has 0 aromatic carbocycles. The van der Waals surface area contributed by atoms with Gasteiger partial charge in [0.2, 0.25) is 0 Å². The molecule has 0 aliphatic heterocycles. The van der Waals surface area contributed by atoms with E-state index in [4.69, 9.17) is 4.74 Å². The molecule has 0 aliphatic rings. The molecule has 70 valence electrons. The molecular formula is C8H16N2O2. The number of amides is 1. The average Bonchev–Trinajstić information content (AvgIpc) is 1.84. The van der Waals surface area contributed by atoms with Crippen molar-refractivity contribution in [3.05, 3.63) is 0 Å². The van der Waals surface area contributed by atoms with Crippen LogP contribution in [0.1, 0.15) is 34.1 Å². The normalized spacial score (nSPS) is 11.7. The van der Waals surface area contributed by atoms with Crippen LogP contribution in [0.4, 0.5) is 4.79 Å². The first-order chi connectivity index (χ1) is 5.45. The quantitative estimate of drug-likeness (QED) is 0.511. The standard InChI is InChI=1S/C8H16N2O2/c1-5-6-9-10-7(11)12-8(2,3)4/h6H,5H2,1-4H3,(H,10,11). The van der Waals surface area contributed by atoms with Gasteiger partial charge in [0, 0.05) is 6.21 Å². The maximum absolute atomic E-state index is 10.9. The van der Waals surface area contributed by atoms with Crippen molar-refractivity contribution in [3.8, 4) is 0 Å². The van der Waals surface area contributed by atoms with Gasteiger partial charge in [-0.25, -0.2) is 10.2 Å². The highest BCUT2D eigenvalue weighted by Crippen LogP contribution is 2.05. The molecule has 0 aromatic heterocycles. The summed E-state index contributed by atoms with van der Waals surface area (Å²) in [6, 6.07) is 0. The largest absolute Gasteiger partial charge is 0.443 e. The third-order valence-electron chi connectivity index (χ3n) is 0.829. The van der Waals surface area contributed by atoms with E-state index < -0.39 is 11.7 Å². The summed E-state index contributed by atoms with van der Waals surface area (Å²) in [7, 11) is 0. The summed E-state index contributed by atoms with van der Waals surface area (Å²) in [5, 5.41) is 3.62. The number of carbonyl (C=O) groups excluding carboxylic acids is 1. The molecule has 0 aliphatic carbocycles. The lowest BCUT2D eigenvalue weighted by molar-refractivity contribution is 0.0529. The van der Waals surface area contributed by atoms with E-state index in [9.17, 15) is 4.79 Å². The average molecular weight is 172 g/mol. The van der Waals surface area contributed by atoms with Crippen LogP contribution in [0.5, 0.6) is 0 Å². The zero-order chi connectivity index (χ0) is 9.61. The van der Waals surface area contributed by atoms with Crippen LogP contribution >= 0.6 is 0 Å². The Morgan fingerprint density at radius 2 is 2.17 bits per heavy atom. The van der Waals surface area contributed by atoms with Crippen molar-refractivity contribution in [2.45, 2.75) is 39.7 Å². The van der Waals surface area contributed by atoms with Gasteiger partial charge in [-0.3, -0.25) is 0 Å². The molecule has 1 amide bonds. The van der Waals surface area contributed by atoms with Gasteiger partial charge in [-0.2, -0.15) is 5.10 Å². The number of ether oxygens (including phenoxy) is 1. The van der Waals surface area contributed by atoms with Crippen molar-refractivity contribution in [3.63, 3.8) is 0 Å². The minimum atomic E-state index is -0.521. The number of hydrazone groups is 1. The van der Waals surface area contributed by atoms with Crippen molar-refractivity contribution >= 4 is 12.3 Å². The van der Waals surface area contributed by atoms with E-state index in [1.807, 2.05) is 6.92 Å². The molecule has 0 radical (unpaired) electrons. The highest BCUT2D eigenvalue weighted by Gasteiger charge is 2.14. The minimum absolute atomic E-state index is 0.466. The van der Waals surface area contributed by atoms with Gasteiger partial charge in [0.15, 0.2) is 0 Å². The second-order valence-corrected chi connectivity index (χ2v) is 3.33.